The molecule has 1 saturated carbocycles. The van der Waals surface area contributed by atoms with Crippen LogP contribution in [0, 0.1) is 12.8 Å². The van der Waals surface area contributed by atoms with Crippen molar-refractivity contribution in [2.24, 2.45) is 11.1 Å². The average molecular weight is 597 g/mol. The lowest BCUT2D eigenvalue weighted by Gasteiger charge is -2.26. The first-order valence-corrected chi connectivity index (χ1v) is 14.8. The number of hydrogen-bond donors (Lipinski definition) is 3. The second-order valence-corrected chi connectivity index (χ2v) is 12.5. The molecule has 0 spiro atoms. The van der Waals surface area contributed by atoms with Gasteiger partial charge in [-0.15, -0.1) is 11.3 Å². The number of thiophene rings is 1. The molecule has 14 heteroatoms. The van der Waals surface area contributed by atoms with Gasteiger partial charge in [-0.05, 0) is 54.7 Å². The van der Waals surface area contributed by atoms with Crippen LogP contribution in [-0.2, 0) is 25.6 Å². The minimum Gasteiger partial charge on any atom is -0.390 e. The molecule has 10 nitrogen and oxygen atoms in total. The number of aliphatic hydroxyl groups excluding tert-OH is 1. The van der Waals surface area contributed by atoms with Gasteiger partial charge in [0.25, 0.3) is 0 Å². The Bertz CT molecular complexity index is 1500. The summed E-state index contributed by atoms with van der Waals surface area (Å²) in [6.07, 6.45) is -0.242. The topological polar surface area (TPSA) is 154 Å². The minimum absolute atomic E-state index is 0.0265. The molecular formula is C25H26ClFN4O6S2. The van der Waals surface area contributed by atoms with Crippen LogP contribution in [0.1, 0.15) is 49.3 Å². The number of carbonyl (C=O) groups is 1. The zero-order valence-corrected chi connectivity index (χ0v) is 23.1. The molecule has 5 atom stereocenters. The summed E-state index contributed by atoms with van der Waals surface area (Å²) in [5.41, 5.74) is 3.10. The van der Waals surface area contributed by atoms with E-state index in [9.17, 15) is 22.7 Å². The molecule has 1 fully saturated rings. The zero-order valence-electron chi connectivity index (χ0n) is 20.7. The maximum absolute atomic E-state index is 14.9. The average Bonchev–Trinajstić information content (AvgIpc) is 3.41. The maximum atomic E-state index is 14.9. The van der Waals surface area contributed by atoms with E-state index in [1.54, 1.807) is 6.07 Å². The second kappa shape index (κ2) is 11.2. The third kappa shape index (κ3) is 5.99. The standard InChI is InChI=1S/C25H26ClFN4O6S2/c1-12-16(24-17-7-15(26)3-2-13(17)4-5-36-24)8-20(38-12)23(33)18-9-29-11-30-25(18)31-19-6-14(22(32)21(19)27)10-37-39(28,34)35/h2-3,7-9,11,14,19,21-22,24,32H,4-6,10H2,1H3,(H2,28,34,35)(H,29,30,31)/t14-,19-,21-,22-,24-/m1/s1. The van der Waals surface area contributed by atoms with Gasteiger partial charge in [-0.2, -0.15) is 8.42 Å². The van der Waals surface area contributed by atoms with Crippen molar-refractivity contribution >= 4 is 44.8 Å². The number of anilines is 1. The Balaban J connectivity index is 1.37. The van der Waals surface area contributed by atoms with Gasteiger partial charge in [-0.1, -0.05) is 17.7 Å². The fraction of sp³-hybridized carbons (Fsp3) is 0.400. The Morgan fingerprint density at radius 1 is 1.36 bits per heavy atom. The number of nitrogens with two attached hydrogens (primary N) is 1. The number of ketones is 1. The van der Waals surface area contributed by atoms with Gasteiger partial charge in [0.2, 0.25) is 5.78 Å². The SMILES string of the molecule is Cc1sc(C(=O)c2cncnc2N[C@@H]2C[C@H](COS(N)(=O)=O)[C@@H](O)[C@@H]2F)cc1[C@H]1OCCc2ccc(Cl)cc21. The minimum atomic E-state index is -4.24. The number of rotatable bonds is 8. The van der Waals surface area contributed by atoms with Crippen molar-refractivity contribution in [2.75, 3.05) is 18.5 Å². The first kappa shape index (κ1) is 28.0. The van der Waals surface area contributed by atoms with E-state index in [0.717, 1.165) is 28.0 Å². The van der Waals surface area contributed by atoms with Crippen molar-refractivity contribution in [1.29, 1.82) is 0 Å². The van der Waals surface area contributed by atoms with Crippen LogP contribution in [0.2, 0.25) is 5.02 Å². The van der Waals surface area contributed by atoms with Gasteiger partial charge < -0.3 is 15.2 Å². The highest BCUT2D eigenvalue weighted by molar-refractivity contribution is 7.84. The molecule has 3 heterocycles. The van der Waals surface area contributed by atoms with Crippen molar-refractivity contribution in [1.82, 2.24) is 9.97 Å². The predicted molar refractivity (Wildman–Crippen MR) is 143 cm³/mol. The Morgan fingerprint density at radius 2 is 2.15 bits per heavy atom. The molecule has 5 rings (SSSR count). The van der Waals surface area contributed by atoms with Crippen LogP contribution in [0.25, 0.3) is 0 Å². The molecule has 3 aromatic rings. The van der Waals surface area contributed by atoms with E-state index in [1.165, 1.54) is 23.9 Å². The number of aliphatic hydroxyl groups is 1. The first-order chi connectivity index (χ1) is 18.5. The zero-order chi connectivity index (χ0) is 27.9. The molecule has 0 unspecified atom stereocenters. The summed E-state index contributed by atoms with van der Waals surface area (Å²) in [5, 5.41) is 18.6. The number of aryl methyl sites for hydroxylation is 1. The van der Waals surface area contributed by atoms with E-state index in [1.807, 2.05) is 25.1 Å². The molecule has 0 radical (unpaired) electrons. The molecule has 2 aromatic heterocycles. The summed E-state index contributed by atoms with van der Waals surface area (Å²) in [6, 6.07) is 6.56. The first-order valence-electron chi connectivity index (χ1n) is 12.1. The van der Waals surface area contributed by atoms with E-state index >= 15 is 0 Å². The normalized spacial score (nSPS) is 24.9. The van der Waals surface area contributed by atoms with Gasteiger partial charge in [-0.3, -0.25) is 8.98 Å². The monoisotopic (exact) mass is 596 g/mol. The van der Waals surface area contributed by atoms with Gasteiger partial charge in [0.05, 0.1) is 35.8 Å². The molecule has 0 saturated heterocycles. The van der Waals surface area contributed by atoms with Crippen molar-refractivity contribution < 1.29 is 31.6 Å². The predicted octanol–water partition coefficient (Wildman–Crippen LogP) is 3.11. The molecule has 39 heavy (non-hydrogen) atoms. The van der Waals surface area contributed by atoms with Crippen LogP contribution in [0.15, 0.2) is 36.8 Å². The molecule has 2 aliphatic rings. The maximum Gasteiger partial charge on any atom is 0.333 e. The lowest BCUT2D eigenvalue weighted by atomic mass is 9.93. The number of halogens is 2. The van der Waals surface area contributed by atoms with Gasteiger partial charge >= 0.3 is 10.3 Å². The number of ether oxygens (including phenoxy) is 1. The molecule has 0 amide bonds. The summed E-state index contributed by atoms with van der Waals surface area (Å²) >= 11 is 7.55. The highest BCUT2D eigenvalue weighted by Gasteiger charge is 2.44. The number of fused-ring (bicyclic) bond motifs is 1. The highest BCUT2D eigenvalue weighted by Crippen LogP contribution is 2.39. The van der Waals surface area contributed by atoms with E-state index in [2.05, 4.69) is 19.5 Å². The number of alkyl halides is 1. The molecular weight excluding hydrogens is 571 g/mol. The number of carbonyl (C=O) groups excluding carboxylic acids is 1. The van der Waals surface area contributed by atoms with E-state index in [0.29, 0.717) is 16.5 Å². The lowest BCUT2D eigenvalue weighted by molar-refractivity contribution is 0.0501. The largest absolute Gasteiger partial charge is 0.390 e. The number of aromatic nitrogens is 2. The molecule has 4 N–H and O–H groups in total. The quantitative estimate of drug-likeness (QED) is 0.333. The molecule has 1 aliphatic carbocycles. The highest BCUT2D eigenvalue weighted by atomic mass is 35.5. The van der Waals surface area contributed by atoms with Crippen LogP contribution in [0.5, 0.6) is 0 Å². The number of hydrogen-bond acceptors (Lipinski definition) is 10. The Hall–Kier alpha value is -2.52. The van der Waals surface area contributed by atoms with Gasteiger partial charge in [0.1, 0.15) is 24.4 Å². The van der Waals surface area contributed by atoms with Gasteiger partial charge in [-0.25, -0.2) is 19.5 Å². The van der Waals surface area contributed by atoms with Crippen LogP contribution in [0.3, 0.4) is 0 Å². The fourth-order valence-corrected chi connectivity index (χ4v) is 6.59. The van der Waals surface area contributed by atoms with Crippen LogP contribution in [0.4, 0.5) is 10.2 Å². The summed E-state index contributed by atoms with van der Waals surface area (Å²) in [6.45, 7) is 1.99. The smallest absolute Gasteiger partial charge is 0.333 e. The molecule has 1 aliphatic heterocycles. The number of benzene rings is 1. The molecule has 1 aromatic carbocycles. The summed E-state index contributed by atoms with van der Waals surface area (Å²) < 4.78 is 47.7. The van der Waals surface area contributed by atoms with Crippen LogP contribution < -0.4 is 10.5 Å². The lowest BCUT2D eigenvalue weighted by Crippen LogP contribution is -2.33. The van der Waals surface area contributed by atoms with Gasteiger partial charge in [0.15, 0.2) is 0 Å². The Kier molecular flexibility index (Phi) is 8.02. The van der Waals surface area contributed by atoms with Crippen molar-refractivity contribution in [3.63, 3.8) is 0 Å². The van der Waals surface area contributed by atoms with Gasteiger partial charge in [0, 0.05) is 22.0 Å². The Labute approximate surface area is 233 Å². The number of nitrogens with one attached hydrogen (secondary N) is 1. The fourth-order valence-electron chi connectivity index (χ4n) is 5.04. The molecule has 208 valence electrons. The third-order valence-corrected chi connectivity index (χ3v) is 8.75. The summed E-state index contributed by atoms with van der Waals surface area (Å²) in [5.74, 6) is -1.09. The Morgan fingerprint density at radius 3 is 2.92 bits per heavy atom. The van der Waals surface area contributed by atoms with Crippen LogP contribution >= 0.6 is 22.9 Å². The van der Waals surface area contributed by atoms with Crippen molar-refractivity contribution in [2.45, 2.75) is 44.2 Å². The van der Waals surface area contributed by atoms with E-state index < -0.39 is 41.1 Å². The third-order valence-electron chi connectivity index (χ3n) is 6.98. The van der Waals surface area contributed by atoms with E-state index in [-0.39, 0.29) is 29.7 Å². The van der Waals surface area contributed by atoms with Crippen molar-refractivity contribution in [3.8, 4) is 0 Å². The summed E-state index contributed by atoms with van der Waals surface area (Å²) in [7, 11) is -4.24. The molecule has 0 bridgehead atoms. The number of nitrogens with zero attached hydrogens (tertiary/aromatic N) is 2. The van der Waals surface area contributed by atoms with E-state index in [4.69, 9.17) is 21.5 Å². The second-order valence-electron chi connectivity index (χ2n) is 9.54. The van der Waals surface area contributed by atoms with Crippen LogP contribution in [-0.4, -0.2) is 60.8 Å². The van der Waals surface area contributed by atoms with Crippen molar-refractivity contribution in [3.05, 3.63) is 73.8 Å². The summed E-state index contributed by atoms with van der Waals surface area (Å²) in [4.78, 5) is 23.1.